The summed E-state index contributed by atoms with van der Waals surface area (Å²) in [6.45, 7) is 1.97. The van der Waals surface area contributed by atoms with Crippen LogP contribution in [0.1, 0.15) is 21.7 Å². The van der Waals surface area contributed by atoms with E-state index in [1.807, 2.05) is 31.2 Å². The SMILES string of the molecule is Cc1ccc(N2C(=O)/C(=C/c3cc(C(=O)O)nn3C)SC2=S)cc1. The summed E-state index contributed by atoms with van der Waals surface area (Å²) >= 11 is 6.50. The second kappa shape index (κ2) is 6.21. The van der Waals surface area contributed by atoms with E-state index in [0.717, 1.165) is 5.56 Å². The molecule has 0 saturated carbocycles. The van der Waals surface area contributed by atoms with E-state index < -0.39 is 5.97 Å². The number of thiocarbonyl (C=S) groups is 1. The van der Waals surface area contributed by atoms with Crippen LogP contribution in [0.25, 0.3) is 6.08 Å². The number of hydrogen-bond acceptors (Lipinski definition) is 5. The molecule has 2 aromatic rings. The summed E-state index contributed by atoms with van der Waals surface area (Å²) in [6.07, 6.45) is 1.60. The van der Waals surface area contributed by atoms with E-state index in [1.165, 1.54) is 27.4 Å². The number of aromatic nitrogens is 2. The molecular weight excluding hydrogens is 346 g/mol. The van der Waals surface area contributed by atoms with Crippen LogP contribution in [0.4, 0.5) is 5.69 Å². The number of amides is 1. The molecule has 1 aliphatic heterocycles. The van der Waals surface area contributed by atoms with Crippen LogP contribution in [-0.2, 0) is 11.8 Å². The summed E-state index contributed by atoms with van der Waals surface area (Å²) < 4.78 is 1.86. The topological polar surface area (TPSA) is 75.4 Å². The van der Waals surface area contributed by atoms with Crippen molar-refractivity contribution in [3.05, 3.63) is 52.2 Å². The monoisotopic (exact) mass is 359 g/mol. The minimum Gasteiger partial charge on any atom is -0.476 e. The number of hydrogen-bond donors (Lipinski definition) is 1. The van der Waals surface area contributed by atoms with Gasteiger partial charge in [-0.3, -0.25) is 14.4 Å². The van der Waals surface area contributed by atoms with Crippen molar-refractivity contribution in [3.8, 4) is 0 Å². The third-order valence-electron chi connectivity index (χ3n) is 3.50. The van der Waals surface area contributed by atoms with Gasteiger partial charge in [0.25, 0.3) is 5.91 Å². The number of aryl methyl sites for hydroxylation is 2. The molecule has 0 radical (unpaired) electrons. The number of carbonyl (C=O) groups excluding carboxylic acids is 1. The molecule has 24 heavy (non-hydrogen) atoms. The van der Waals surface area contributed by atoms with Gasteiger partial charge in [0.15, 0.2) is 10.0 Å². The molecule has 8 heteroatoms. The van der Waals surface area contributed by atoms with Crippen LogP contribution in [0.5, 0.6) is 0 Å². The van der Waals surface area contributed by atoms with Gasteiger partial charge in [-0.2, -0.15) is 5.10 Å². The zero-order valence-electron chi connectivity index (χ0n) is 12.9. The Labute approximate surface area is 147 Å². The van der Waals surface area contributed by atoms with Crippen molar-refractivity contribution in [1.29, 1.82) is 0 Å². The Balaban J connectivity index is 1.94. The van der Waals surface area contributed by atoms with Crippen molar-refractivity contribution in [2.45, 2.75) is 6.92 Å². The first-order chi connectivity index (χ1) is 11.4. The third kappa shape index (κ3) is 2.98. The van der Waals surface area contributed by atoms with Crippen LogP contribution in [0.2, 0.25) is 0 Å². The third-order valence-corrected chi connectivity index (χ3v) is 4.80. The van der Waals surface area contributed by atoms with Crippen molar-refractivity contribution in [3.63, 3.8) is 0 Å². The zero-order valence-corrected chi connectivity index (χ0v) is 14.5. The van der Waals surface area contributed by atoms with Crippen LogP contribution >= 0.6 is 24.0 Å². The van der Waals surface area contributed by atoms with Gasteiger partial charge in [-0.15, -0.1) is 0 Å². The van der Waals surface area contributed by atoms with Gasteiger partial charge in [0.2, 0.25) is 0 Å². The van der Waals surface area contributed by atoms with E-state index in [2.05, 4.69) is 5.10 Å². The lowest BCUT2D eigenvalue weighted by Crippen LogP contribution is -2.27. The fourth-order valence-electron chi connectivity index (χ4n) is 2.24. The highest BCUT2D eigenvalue weighted by Gasteiger charge is 2.33. The van der Waals surface area contributed by atoms with Crippen molar-refractivity contribution < 1.29 is 14.7 Å². The molecular formula is C16H13N3O3S2. The molecule has 1 saturated heterocycles. The van der Waals surface area contributed by atoms with Gasteiger partial charge in [0, 0.05) is 7.05 Å². The van der Waals surface area contributed by atoms with Crippen LogP contribution in [0.3, 0.4) is 0 Å². The average Bonchev–Trinajstić information content (AvgIpc) is 3.02. The van der Waals surface area contributed by atoms with Crippen LogP contribution in [0, 0.1) is 6.92 Å². The first kappa shape index (κ1) is 16.4. The molecule has 122 valence electrons. The summed E-state index contributed by atoms with van der Waals surface area (Å²) in [4.78, 5) is 25.6. The van der Waals surface area contributed by atoms with E-state index in [-0.39, 0.29) is 11.6 Å². The van der Waals surface area contributed by atoms with Gasteiger partial charge in [0.1, 0.15) is 0 Å². The van der Waals surface area contributed by atoms with Gasteiger partial charge in [-0.05, 0) is 31.2 Å². The number of carbonyl (C=O) groups is 2. The standard InChI is InChI=1S/C16H13N3O3S2/c1-9-3-5-10(6-4-9)19-14(20)13(24-16(19)23)8-11-7-12(15(21)22)17-18(11)2/h3-8H,1-2H3,(H,21,22)/b13-8-. The van der Waals surface area contributed by atoms with Crippen LogP contribution < -0.4 is 4.90 Å². The molecule has 0 bridgehead atoms. The lowest BCUT2D eigenvalue weighted by atomic mass is 10.2. The number of thioether (sulfide) groups is 1. The van der Waals surface area contributed by atoms with Crippen molar-refractivity contribution in [2.24, 2.45) is 7.05 Å². The van der Waals surface area contributed by atoms with E-state index in [9.17, 15) is 9.59 Å². The molecule has 0 aliphatic carbocycles. The maximum absolute atomic E-state index is 12.7. The Hall–Kier alpha value is -2.45. The molecule has 1 aromatic carbocycles. The molecule has 1 aliphatic rings. The van der Waals surface area contributed by atoms with Crippen LogP contribution in [0.15, 0.2) is 35.2 Å². The van der Waals surface area contributed by atoms with Crippen molar-refractivity contribution in [1.82, 2.24) is 9.78 Å². The minimum atomic E-state index is -1.11. The molecule has 1 N–H and O–H groups in total. The quantitative estimate of drug-likeness (QED) is 0.671. The summed E-state index contributed by atoms with van der Waals surface area (Å²) in [6, 6.07) is 8.93. The maximum Gasteiger partial charge on any atom is 0.356 e. The summed E-state index contributed by atoms with van der Waals surface area (Å²) in [5.41, 5.74) is 2.26. The second-order valence-corrected chi connectivity index (χ2v) is 6.91. The average molecular weight is 359 g/mol. The molecule has 1 aromatic heterocycles. The zero-order chi connectivity index (χ0) is 17.4. The van der Waals surface area contributed by atoms with E-state index >= 15 is 0 Å². The Bertz CT molecular complexity index is 884. The molecule has 2 heterocycles. The smallest absolute Gasteiger partial charge is 0.356 e. The normalized spacial score (nSPS) is 16.2. The summed E-state index contributed by atoms with van der Waals surface area (Å²) in [7, 11) is 1.62. The highest BCUT2D eigenvalue weighted by Crippen LogP contribution is 2.36. The predicted molar refractivity (Wildman–Crippen MR) is 97.0 cm³/mol. The van der Waals surface area contributed by atoms with Crippen LogP contribution in [-0.4, -0.2) is 31.1 Å². The summed E-state index contributed by atoms with van der Waals surface area (Å²) in [5, 5.41) is 12.9. The van der Waals surface area contributed by atoms with Crippen molar-refractivity contribution in [2.75, 3.05) is 4.90 Å². The maximum atomic E-state index is 12.7. The predicted octanol–water partition coefficient (Wildman–Crippen LogP) is 2.83. The number of carboxylic acids is 1. The number of carboxylic acid groups (broad SMARTS) is 1. The Morgan fingerprint density at radius 1 is 1.33 bits per heavy atom. The molecule has 1 fully saturated rings. The summed E-state index contributed by atoms with van der Waals surface area (Å²) in [5.74, 6) is -1.34. The van der Waals surface area contributed by atoms with Gasteiger partial charge in [-0.1, -0.05) is 41.7 Å². The number of anilines is 1. The highest BCUT2D eigenvalue weighted by molar-refractivity contribution is 8.27. The van der Waals surface area contributed by atoms with E-state index in [4.69, 9.17) is 17.3 Å². The molecule has 0 atom stereocenters. The Kier molecular flexibility index (Phi) is 4.25. The fraction of sp³-hybridized carbons (Fsp3) is 0.125. The van der Waals surface area contributed by atoms with Gasteiger partial charge in [0.05, 0.1) is 16.3 Å². The number of nitrogens with zero attached hydrogens (tertiary/aromatic N) is 3. The van der Waals surface area contributed by atoms with E-state index in [1.54, 1.807) is 13.1 Å². The minimum absolute atomic E-state index is 0.0715. The van der Waals surface area contributed by atoms with Gasteiger partial charge >= 0.3 is 5.97 Å². The molecule has 1 amide bonds. The van der Waals surface area contributed by atoms with Gasteiger partial charge < -0.3 is 5.11 Å². The number of aromatic carboxylic acids is 1. The molecule has 0 spiro atoms. The number of benzene rings is 1. The Morgan fingerprint density at radius 2 is 2.00 bits per heavy atom. The molecule has 3 rings (SSSR count). The largest absolute Gasteiger partial charge is 0.476 e. The second-order valence-electron chi connectivity index (χ2n) is 5.24. The lowest BCUT2D eigenvalue weighted by molar-refractivity contribution is -0.113. The van der Waals surface area contributed by atoms with Crippen molar-refractivity contribution >= 4 is 51.9 Å². The lowest BCUT2D eigenvalue weighted by Gasteiger charge is -2.14. The van der Waals surface area contributed by atoms with E-state index in [0.29, 0.717) is 20.6 Å². The Morgan fingerprint density at radius 3 is 2.58 bits per heavy atom. The fourth-order valence-corrected chi connectivity index (χ4v) is 3.52. The molecule has 0 unspecified atom stereocenters. The van der Waals surface area contributed by atoms with Gasteiger partial charge in [-0.25, -0.2) is 4.79 Å². The number of rotatable bonds is 3. The highest BCUT2D eigenvalue weighted by atomic mass is 32.2. The first-order valence-corrected chi connectivity index (χ1v) is 8.21. The first-order valence-electron chi connectivity index (χ1n) is 6.99. The molecule has 6 nitrogen and oxygen atoms in total.